The number of rotatable bonds is 10. The number of carbonyl (C=O) groups excluding carboxylic acids is 2. The monoisotopic (exact) mass is 370 g/mol. The lowest BCUT2D eigenvalue weighted by atomic mass is 10.00. The van der Waals surface area contributed by atoms with E-state index in [1.807, 2.05) is 55.5 Å². The molecule has 0 amide bonds. The highest BCUT2D eigenvalue weighted by atomic mass is 32.1. The summed E-state index contributed by atoms with van der Waals surface area (Å²) in [5, 5.41) is 0. The fraction of sp³-hybridized carbons (Fsp3) is 0.364. The van der Waals surface area contributed by atoms with Crippen LogP contribution in [0.25, 0.3) is 11.1 Å². The van der Waals surface area contributed by atoms with Gasteiger partial charge in [-0.25, -0.2) is 0 Å². The van der Waals surface area contributed by atoms with Crippen molar-refractivity contribution in [2.24, 2.45) is 0 Å². The molecular weight excluding hydrogens is 344 g/mol. The summed E-state index contributed by atoms with van der Waals surface area (Å²) in [6.45, 7) is 2.25. The number of unbranched alkanes of at least 4 members (excludes halogenated alkanes) is 3. The second kappa shape index (κ2) is 10.8. The molecule has 26 heavy (non-hydrogen) atoms. The molecule has 4 heteroatoms. The largest absolute Gasteiger partial charge is 0.466 e. The predicted octanol–water partition coefficient (Wildman–Crippen LogP) is 5.73. The summed E-state index contributed by atoms with van der Waals surface area (Å²) in [6, 6.07) is 15.7. The predicted molar refractivity (Wildman–Crippen MR) is 108 cm³/mol. The minimum absolute atomic E-state index is 0.132. The number of Topliss-reactive ketones (excluding diaryl/α,β-unsaturated/α-hetero) is 1. The molecule has 0 saturated carbocycles. The number of hydrogen-bond acceptors (Lipinski definition) is 4. The first kappa shape index (κ1) is 20.2. The van der Waals surface area contributed by atoms with Gasteiger partial charge in [0, 0.05) is 23.3 Å². The molecular formula is C22H26O3S. The molecule has 2 rings (SSSR count). The molecule has 0 aromatic heterocycles. The maximum atomic E-state index is 12.3. The summed E-state index contributed by atoms with van der Waals surface area (Å²) in [4.78, 5) is 24.4. The Labute approximate surface area is 161 Å². The average Bonchev–Trinajstić information content (AvgIpc) is 2.64. The molecule has 0 saturated heterocycles. The third kappa shape index (κ3) is 6.68. The Morgan fingerprint density at radius 1 is 0.885 bits per heavy atom. The van der Waals surface area contributed by atoms with E-state index in [0.717, 1.165) is 47.3 Å². The molecule has 0 atom stereocenters. The minimum atomic E-state index is -0.132. The van der Waals surface area contributed by atoms with Gasteiger partial charge in [0.2, 0.25) is 0 Å². The van der Waals surface area contributed by atoms with E-state index in [4.69, 9.17) is 4.74 Å². The molecule has 0 spiro atoms. The van der Waals surface area contributed by atoms with E-state index < -0.39 is 0 Å². The third-order valence-electron chi connectivity index (χ3n) is 4.23. The molecule has 2 aromatic carbocycles. The Hall–Kier alpha value is -2.07. The van der Waals surface area contributed by atoms with Crippen molar-refractivity contribution in [3.63, 3.8) is 0 Å². The summed E-state index contributed by atoms with van der Waals surface area (Å²) in [7, 11) is 0. The van der Waals surface area contributed by atoms with Crippen molar-refractivity contribution >= 4 is 24.4 Å². The number of thiol groups is 1. The van der Waals surface area contributed by atoms with Crippen molar-refractivity contribution in [2.45, 2.75) is 50.3 Å². The number of ether oxygens (including phenoxy) is 1. The first-order chi connectivity index (χ1) is 12.6. The van der Waals surface area contributed by atoms with Gasteiger partial charge in [-0.15, -0.1) is 12.6 Å². The highest BCUT2D eigenvalue weighted by Gasteiger charge is 2.07. The topological polar surface area (TPSA) is 43.4 Å². The fourth-order valence-corrected chi connectivity index (χ4v) is 3.05. The van der Waals surface area contributed by atoms with Gasteiger partial charge in [-0.3, -0.25) is 9.59 Å². The van der Waals surface area contributed by atoms with Crippen molar-refractivity contribution in [1.82, 2.24) is 0 Å². The number of benzene rings is 2. The van der Waals surface area contributed by atoms with E-state index >= 15 is 0 Å². The second-order valence-electron chi connectivity index (χ2n) is 6.27. The number of carbonyl (C=O) groups is 2. The zero-order chi connectivity index (χ0) is 18.8. The molecule has 0 bridgehead atoms. The Morgan fingerprint density at radius 3 is 2.23 bits per heavy atom. The normalized spacial score (nSPS) is 10.5. The average molecular weight is 371 g/mol. The minimum Gasteiger partial charge on any atom is -0.466 e. The van der Waals surface area contributed by atoms with Gasteiger partial charge in [0.1, 0.15) is 0 Å². The van der Waals surface area contributed by atoms with Crippen molar-refractivity contribution in [1.29, 1.82) is 0 Å². The van der Waals surface area contributed by atoms with Crippen molar-refractivity contribution in [2.75, 3.05) is 6.61 Å². The molecule has 0 aliphatic carbocycles. The van der Waals surface area contributed by atoms with Crippen LogP contribution in [0.5, 0.6) is 0 Å². The third-order valence-corrected chi connectivity index (χ3v) is 4.50. The number of esters is 1. The summed E-state index contributed by atoms with van der Waals surface area (Å²) in [6.07, 6.45) is 4.60. The fourth-order valence-electron chi connectivity index (χ4n) is 2.82. The van der Waals surface area contributed by atoms with Gasteiger partial charge < -0.3 is 4.74 Å². The number of ketones is 1. The van der Waals surface area contributed by atoms with E-state index in [2.05, 4.69) is 12.6 Å². The zero-order valence-electron chi connectivity index (χ0n) is 15.2. The van der Waals surface area contributed by atoms with Crippen LogP contribution in [0, 0.1) is 0 Å². The van der Waals surface area contributed by atoms with Crippen LogP contribution in [-0.2, 0) is 9.53 Å². The zero-order valence-corrected chi connectivity index (χ0v) is 16.1. The quantitative estimate of drug-likeness (QED) is 0.251. The van der Waals surface area contributed by atoms with Gasteiger partial charge in [0.05, 0.1) is 6.61 Å². The second-order valence-corrected chi connectivity index (χ2v) is 6.79. The van der Waals surface area contributed by atoms with Gasteiger partial charge in [-0.05, 0) is 43.0 Å². The van der Waals surface area contributed by atoms with Crippen molar-refractivity contribution < 1.29 is 14.3 Å². The van der Waals surface area contributed by atoms with Crippen LogP contribution < -0.4 is 0 Å². The smallest absolute Gasteiger partial charge is 0.305 e. The van der Waals surface area contributed by atoms with Gasteiger partial charge in [-0.1, -0.05) is 49.2 Å². The van der Waals surface area contributed by atoms with E-state index in [0.29, 0.717) is 19.4 Å². The van der Waals surface area contributed by atoms with Gasteiger partial charge in [-0.2, -0.15) is 0 Å². The molecule has 2 aromatic rings. The number of hydrogen-bond donors (Lipinski definition) is 1. The standard InChI is InChI=1S/C22H26O3S/c1-2-25-22(24)11-6-4-3-5-10-21(23)18-14-12-17(13-15-18)19-8-7-9-20(26)16-19/h7-9,12-16,26H,2-6,10-11H2,1H3. The summed E-state index contributed by atoms with van der Waals surface area (Å²) >= 11 is 4.36. The van der Waals surface area contributed by atoms with Crippen LogP contribution >= 0.6 is 12.6 Å². The Kier molecular flexibility index (Phi) is 8.42. The summed E-state index contributed by atoms with van der Waals surface area (Å²) in [5.41, 5.74) is 2.93. The van der Waals surface area contributed by atoms with Crippen LogP contribution in [0.2, 0.25) is 0 Å². The highest BCUT2D eigenvalue weighted by Crippen LogP contribution is 2.23. The lowest BCUT2D eigenvalue weighted by molar-refractivity contribution is -0.143. The molecule has 0 N–H and O–H groups in total. The maximum Gasteiger partial charge on any atom is 0.305 e. The van der Waals surface area contributed by atoms with E-state index in [1.165, 1.54) is 0 Å². The lowest BCUT2D eigenvalue weighted by Crippen LogP contribution is -2.03. The molecule has 0 unspecified atom stereocenters. The van der Waals surface area contributed by atoms with Crippen LogP contribution in [0.3, 0.4) is 0 Å². The molecule has 0 aliphatic rings. The first-order valence-corrected chi connectivity index (χ1v) is 9.63. The molecule has 0 fully saturated rings. The summed E-state index contributed by atoms with van der Waals surface area (Å²) in [5.74, 6) is 0.0389. The van der Waals surface area contributed by atoms with E-state index in [1.54, 1.807) is 0 Å². The van der Waals surface area contributed by atoms with Gasteiger partial charge in [0.25, 0.3) is 0 Å². The van der Waals surface area contributed by atoms with Crippen LogP contribution in [0.1, 0.15) is 55.8 Å². The van der Waals surface area contributed by atoms with Crippen LogP contribution in [0.4, 0.5) is 0 Å². The first-order valence-electron chi connectivity index (χ1n) is 9.18. The Bertz CT molecular complexity index is 722. The molecule has 3 nitrogen and oxygen atoms in total. The van der Waals surface area contributed by atoms with Gasteiger partial charge >= 0.3 is 5.97 Å². The Morgan fingerprint density at radius 2 is 1.58 bits per heavy atom. The SMILES string of the molecule is CCOC(=O)CCCCCCC(=O)c1ccc(-c2cccc(S)c2)cc1. The lowest BCUT2D eigenvalue weighted by Gasteiger charge is -2.05. The van der Waals surface area contributed by atoms with Crippen molar-refractivity contribution in [3.05, 3.63) is 54.1 Å². The summed E-state index contributed by atoms with van der Waals surface area (Å²) < 4.78 is 4.90. The Balaban J connectivity index is 1.73. The van der Waals surface area contributed by atoms with E-state index in [9.17, 15) is 9.59 Å². The van der Waals surface area contributed by atoms with Crippen molar-refractivity contribution in [3.8, 4) is 11.1 Å². The van der Waals surface area contributed by atoms with Gasteiger partial charge in [0.15, 0.2) is 5.78 Å². The van der Waals surface area contributed by atoms with Crippen LogP contribution in [-0.4, -0.2) is 18.4 Å². The van der Waals surface area contributed by atoms with E-state index in [-0.39, 0.29) is 11.8 Å². The molecule has 0 heterocycles. The maximum absolute atomic E-state index is 12.3. The molecule has 0 radical (unpaired) electrons. The molecule has 0 aliphatic heterocycles. The molecule has 138 valence electrons. The highest BCUT2D eigenvalue weighted by molar-refractivity contribution is 7.80. The van der Waals surface area contributed by atoms with Crippen LogP contribution in [0.15, 0.2) is 53.4 Å².